The molecule has 2 heterocycles. The Morgan fingerprint density at radius 1 is 1.40 bits per heavy atom. The Kier molecular flexibility index (Phi) is 6.18. The van der Waals surface area contributed by atoms with Crippen LogP contribution < -0.4 is 5.32 Å². The lowest BCUT2D eigenvalue weighted by Gasteiger charge is -2.17. The van der Waals surface area contributed by atoms with E-state index in [1.807, 2.05) is 0 Å². The van der Waals surface area contributed by atoms with Gasteiger partial charge < -0.3 is 15.5 Å². The van der Waals surface area contributed by atoms with Gasteiger partial charge in [0.25, 0.3) is 0 Å². The largest absolute Gasteiger partial charge is 0.433 e. The monoisotopic (exact) mass is 464 g/mol. The number of nitrogens with one attached hydrogen (secondary N) is 1. The molecule has 1 aliphatic rings. The lowest BCUT2D eigenvalue weighted by atomic mass is 10.1. The van der Waals surface area contributed by atoms with Gasteiger partial charge in [-0.15, -0.1) is 15.7 Å². The third kappa shape index (κ3) is 4.48. The van der Waals surface area contributed by atoms with Gasteiger partial charge in [0, 0.05) is 11.3 Å². The van der Waals surface area contributed by atoms with Gasteiger partial charge in [-0.25, -0.2) is 19.0 Å². The highest BCUT2D eigenvalue weighted by atomic mass is 32.2. The van der Waals surface area contributed by atoms with Crippen molar-refractivity contribution < 1.29 is 32.4 Å². The number of thiazole rings is 1. The molecule has 2 atom stereocenters. The summed E-state index contributed by atoms with van der Waals surface area (Å²) >= 11 is 0.813. The highest BCUT2D eigenvalue weighted by Crippen LogP contribution is 2.38. The molecule has 0 bridgehead atoms. The van der Waals surface area contributed by atoms with E-state index in [-0.39, 0.29) is 26.2 Å². The Hall–Kier alpha value is -2.09. The molecule has 3 N–H and O–H groups in total. The number of fused-ring (bicyclic) bond motifs is 1. The number of thiol groups is 1. The van der Waals surface area contributed by atoms with E-state index in [1.165, 1.54) is 13.8 Å². The smallest absolute Gasteiger partial charge is 0.393 e. The number of hydrogen-bond acceptors (Lipinski definition) is 7. The van der Waals surface area contributed by atoms with Crippen molar-refractivity contribution in [2.24, 2.45) is 4.36 Å². The van der Waals surface area contributed by atoms with Crippen LogP contribution in [0.2, 0.25) is 0 Å². The van der Waals surface area contributed by atoms with Crippen LogP contribution in [-0.2, 0) is 35.2 Å². The van der Waals surface area contributed by atoms with Crippen LogP contribution in [0.1, 0.15) is 40.9 Å². The van der Waals surface area contributed by atoms with Crippen LogP contribution in [0.4, 0.5) is 23.7 Å². The first-order valence-electron chi connectivity index (χ1n) is 8.83. The van der Waals surface area contributed by atoms with Gasteiger partial charge in [0.05, 0.1) is 29.1 Å². The minimum atomic E-state index is -4.67. The summed E-state index contributed by atoms with van der Waals surface area (Å²) in [5, 5.41) is 21.6. The number of urea groups is 1. The van der Waals surface area contributed by atoms with Gasteiger partial charge in [-0.05, 0) is 38.7 Å². The van der Waals surface area contributed by atoms with Crippen LogP contribution in [0.3, 0.4) is 0 Å². The minimum Gasteiger partial charge on any atom is -0.393 e. The number of aliphatic hydroxyl groups excluding tert-OH is 1. The summed E-state index contributed by atoms with van der Waals surface area (Å²) in [4.78, 5) is 19.9. The Bertz CT molecular complexity index is 1080. The van der Waals surface area contributed by atoms with E-state index in [1.54, 1.807) is 0 Å². The highest BCUT2D eigenvalue weighted by Gasteiger charge is 2.37. The summed E-state index contributed by atoms with van der Waals surface area (Å²) in [7, 11) is -2.60. The fourth-order valence-electron chi connectivity index (χ4n) is 3.06. The number of anilines is 1. The fourth-order valence-corrected chi connectivity index (χ4v) is 4.92. The lowest BCUT2D eigenvalue weighted by Crippen LogP contribution is -2.25. The van der Waals surface area contributed by atoms with Gasteiger partial charge in [-0.3, -0.25) is 0 Å². The molecule has 0 fully saturated rings. The molecular formula is C17H19F3N4O4S2. The lowest BCUT2D eigenvalue weighted by molar-refractivity contribution is -0.141. The molecule has 1 aliphatic carbocycles. The molecule has 0 saturated carbocycles. The van der Waals surface area contributed by atoms with Crippen molar-refractivity contribution in [2.75, 3.05) is 11.9 Å². The maximum atomic E-state index is 13.3. The number of alkyl halides is 3. The SMILES string of the molecule is Cc1c(C(F)(F)F)nc2c(c1NC(=O)/N=[SH](=O)/c1cnc(C(C)(O)CO)s1)CCC2. The van der Waals surface area contributed by atoms with Crippen molar-refractivity contribution >= 4 is 33.7 Å². The highest BCUT2D eigenvalue weighted by molar-refractivity contribution is 7.78. The van der Waals surface area contributed by atoms with Crippen molar-refractivity contribution in [1.82, 2.24) is 9.97 Å². The zero-order valence-electron chi connectivity index (χ0n) is 15.9. The third-order valence-corrected chi connectivity index (χ3v) is 7.25. The maximum Gasteiger partial charge on any atom is 0.433 e. The predicted octanol–water partition coefficient (Wildman–Crippen LogP) is 2.81. The zero-order chi connectivity index (χ0) is 22.3. The summed E-state index contributed by atoms with van der Waals surface area (Å²) in [6.45, 7) is 1.93. The van der Waals surface area contributed by atoms with Crippen molar-refractivity contribution in [2.45, 2.75) is 49.1 Å². The number of hydrogen-bond donors (Lipinski definition) is 4. The quantitative estimate of drug-likeness (QED) is 0.516. The Morgan fingerprint density at radius 2 is 2.10 bits per heavy atom. The molecule has 0 radical (unpaired) electrons. The van der Waals surface area contributed by atoms with E-state index in [0.29, 0.717) is 24.8 Å². The molecule has 30 heavy (non-hydrogen) atoms. The van der Waals surface area contributed by atoms with Crippen LogP contribution in [0.15, 0.2) is 14.8 Å². The molecule has 0 aromatic carbocycles. The summed E-state index contributed by atoms with van der Waals surface area (Å²) in [5.41, 5.74) is -2.12. The molecule has 0 saturated heterocycles. The van der Waals surface area contributed by atoms with Gasteiger partial charge in [0.2, 0.25) is 0 Å². The van der Waals surface area contributed by atoms with Gasteiger partial charge in [0.1, 0.15) is 20.5 Å². The maximum absolute atomic E-state index is 13.3. The van der Waals surface area contributed by atoms with Crippen LogP contribution in [0.25, 0.3) is 0 Å². The third-order valence-electron chi connectivity index (χ3n) is 4.60. The predicted molar refractivity (Wildman–Crippen MR) is 104 cm³/mol. The average Bonchev–Trinajstić information content (AvgIpc) is 3.32. The molecule has 2 aromatic rings. The Labute approximate surface area is 175 Å². The number of aromatic nitrogens is 2. The van der Waals surface area contributed by atoms with E-state index in [9.17, 15) is 27.3 Å². The van der Waals surface area contributed by atoms with Crippen LogP contribution in [0, 0.1) is 6.92 Å². The summed E-state index contributed by atoms with van der Waals surface area (Å²) in [6, 6.07) is -1.06. The molecule has 2 unspecified atom stereocenters. The number of halogens is 3. The van der Waals surface area contributed by atoms with E-state index in [0.717, 1.165) is 17.5 Å². The van der Waals surface area contributed by atoms with Crippen molar-refractivity contribution in [3.63, 3.8) is 0 Å². The van der Waals surface area contributed by atoms with Crippen molar-refractivity contribution in [1.29, 1.82) is 0 Å². The number of rotatable bonds is 4. The second-order valence-electron chi connectivity index (χ2n) is 6.98. The molecule has 0 aliphatic heterocycles. The van der Waals surface area contributed by atoms with Gasteiger partial charge in [-0.2, -0.15) is 13.2 Å². The minimum absolute atomic E-state index is 0.00446. The van der Waals surface area contributed by atoms with Crippen molar-refractivity contribution in [3.05, 3.63) is 33.7 Å². The number of amides is 2. The van der Waals surface area contributed by atoms with Gasteiger partial charge in [-0.1, -0.05) is 0 Å². The number of carbonyl (C=O) groups excluding carboxylic acids is 1. The number of aliphatic hydroxyl groups is 2. The van der Waals surface area contributed by atoms with Crippen LogP contribution in [0.5, 0.6) is 0 Å². The second-order valence-corrected chi connectivity index (χ2v) is 9.54. The van der Waals surface area contributed by atoms with E-state index < -0.39 is 40.7 Å². The Balaban J connectivity index is 1.90. The zero-order valence-corrected chi connectivity index (χ0v) is 17.7. The van der Waals surface area contributed by atoms with Crippen molar-refractivity contribution in [3.8, 4) is 0 Å². The molecule has 0 spiro atoms. The first-order chi connectivity index (χ1) is 13.9. The second kappa shape index (κ2) is 8.21. The molecule has 2 aromatic heterocycles. The van der Waals surface area contributed by atoms with Gasteiger partial charge in [0.15, 0.2) is 0 Å². The molecule has 3 rings (SSSR count). The summed E-state index contributed by atoms with van der Waals surface area (Å²) < 4.78 is 55.9. The Morgan fingerprint density at radius 3 is 2.73 bits per heavy atom. The first kappa shape index (κ1) is 22.6. The summed E-state index contributed by atoms with van der Waals surface area (Å²) in [6.07, 6.45) is -2.05. The van der Waals surface area contributed by atoms with Gasteiger partial charge >= 0.3 is 12.2 Å². The topological polar surface area (TPSA) is 125 Å². The molecule has 13 heteroatoms. The summed E-state index contributed by atoms with van der Waals surface area (Å²) in [5.74, 6) is 0. The standard InChI is InChI=1S/C17H19F3N4O4S2/c1-8-12(9-4-3-5-10(9)22-13(8)17(18,19)20)23-15(26)24-30(28)11-6-21-14(29-11)16(2,27)7-25/h6,25,27,30H,3-5,7H2,1-2H3,(H,22,23,26). The van der Waals surface area contributed by atoms with E-state index in [4.69, 9.17) is 5.11 Å². The number of pyridine rings is 1. The van der Waals surface area contributed by atoms with Crippen LogP contribution >= 0.6 is 11.3 Å². The fraction of sp³-hybridized carbons (Fsp3) is 0.471. The van der Waals surface area contributed by atoms with Crippen LogP contribution in [-0.4, -0.2) is 37.0 Å². The normalized spacial score (nSPS) is 16.9. The van der Waals surface area contributed by atoms with E-state index in [2.05, 4.69) is 19.6 Å². The first-order valence-corrected chi connectivity index (χ1v) is 10.9. The molecule has 164 valence electrons. The number of aryl methyl sites for hydroxylation is 1. The molecule has 8 nitrogen and oxygen atoms in total. The number of nitrogens with zero attached hydrogens (tertiary/aromatic N) is 3. The molecular weight excluding hydrogens is 445 g/mol. The van der Waals surface area contributed by atoms with E-state index >= 15 is 0 Å². The average molecular weight is 464 g/mol. The number of carbonyl (C=O) groups is 1. The molecule has 2 amide bonds.